The summed E-state index contributed by atoms with van der Waals surface area (Å²) in [5, 5.41) is 14.1. The van der Waals surface area contributed by atoms with Crippen molar-refractivity contribution in [3.63, 3.8) is 0 Å². The lowest BCUT2D eigenvalue weighted by Crippen LogP contribution is -2.39. The van der Waals surface area contributed by atoms with Gasteiger partial charge in [0.1, 0.15) is 0 Å². The summed E-state index contributed by atoms with van der Waals surface area (Å²) in [6.45, 7) is 1.80. The van der Waals surface area contributed by atoms with Crippen LogP contribution < -0.4 is 0 Å². The number of hydrogen-bond acceptors (Lipinski definition) is 4. The van der Waals surface area contributed by atoms with Gasteiger partial charge in [-0.2, -0.15) is 5.10 Å². The van der Waals surface area contributed by atoms with Crippen LogP contribution in [0.5, 0.6) is 0 Å². The molecule has 146 valence electrons. The van der Waals surface area contributed by atoms with Crippen LogP contribution in [-0.4, -0.2) is 70.9 Å². The molecule has 0 aliphatic heterocycles. The van der Waals surface area contributed by atoms with E-state index in [1.54, 1.807) is 19.0 Å². The van der Waals surface area contributed by atoms with E-state index < -0.39 is 0 Å². The fourth-order valence-corrected chi connectivity index (χ4v) is 4.53. The number of carbonyl (C=O) groups excluding carboxylic acids is 1. The quantitative estimate of drug-likeness (QED) is 0.840. The Balaban J connectivity index is 1.86. The van der Waals surface area contributed by atoms with Gasteiger partial charge in [0.2, 0.25) is 0 Å². The molecule has 26 heavy (non-hydrogen) atoms. The summed E-state index contributed by atoms with van der Waals surface area (Å²) in [5.74, 6) is 0.707. The first-order valence-corrected chi connectivity index (χ1v) is 10.1. The second kappa shape index (κ2) is 8.53. The van der Waals surface area contributed by atoms with Crippen molar-refractivity contribution < 1.29 is 9.90 Å². The Kier molecular flexibility index (Phi) is 6.35. The van der Waals surface area contributed by atoms with Crippen LogP contribution in [0.25, 0.3) is 0 Å². The molecule has 1 N–H and O–H groups in total. The highest BCUT2D eigenvalue weighted by molar-refractivity contribution is 5.93. The molecular weight excluding hydrogens is 328 g/mol. The van der Waals surface area contributed by atoms with Gasteiger partial charge >= 0.3 is 0 Å². The molecule has 1 saturated carbocycles. The molecule has 2 aliphatic rings. The minimum atomic E-state index is 0.00843. The molecule has 1 amide bonds. The van der Waals surface area contributed by atoms with Gasteiger partial charge < -0.3 is 14.9 Å². The minimum Gasteiger partial charge on any atom is -0.395 e. The highest BCUT2D eigenvalue weighted by atomic mass is 16.3. The molecule has 0 spiro atoms. The maximum Gasteiger partial charge on any atom is 0.274 e. The zero-order chi connectivity index (χ0) is 18.7. The maximum atomic E-state index is 12.7. The van der Waals surface area contributed by atoms with E-state index in [0.717, 1.165) is 31.4 Å². The van der Waals surface area contributed by atoms with Gasteiger partial charge in [-0.05, 0) is 45.1 Å². The lowest BCUT2D eigenvalue weighted by atomic mass is 9.88. The SMILES string of the molecule is CN(C)C(=O)c1nn(CC2CCCCC2)c2c1CC(N(C)CCO)CC2. The van der Waals surface area contributed by atoms with Crippen LogP contribution in [0.3, 0.4) is 0 Å². The monoisotopic (exact) mass is 362 g/mol. The molecule has 1 fully saturated rings. The van der Waals surface area contributed by atoms with Crippen molar-refractivity contribution in [3.05, 3.63) is 17.0 Å². The highest BCUT2D eigenvalue weighted by Crippen LogP contribution is 2.30. The summed E-state index contributed by atoms with van der Waals surface area (Å²) in [6.07, 6.45) is 9.46. The molecule has 6 nitrogen and oxygen atoms in total. The molecule has 1 aromatic heterocycles. The van der Waals surface area contributed by atoms with Gasteiger partial charge in [0.05, 0.1) is 6.61 Å². The molecule has 0 aromatic carbocycles. The summed E-state index contributed by atoms with van der Waals surface area (Å²) < 4.78 is 2.16. The molecule has 3 rings (SSSR count). The molecule has 1 atom stereocenters. The van der Waals surface area contributed by atoms with Crippen molar-refractivity contribution in [2.75, 3.05) is 34.3 Å². The number of aromatic nitrogens is 2. The Bertz CT molecular complexity index is 620. The van der Waals surface area contributed by atoms with Crippen molar-refractivity contribution in [1.29, 1.82) is 0 Å². The Labute approximate surface area is 157 Å². The van der Waals surface area contributed by atoms with Crippen molar-refractivity contribution in [3.8, 4) is 0 Å². The largest absolute Gasteiger partial charge is 0.395 e. The van der Waals surface area contributed by atoms with Gasteiger partial charge in [-0.1, -0.05) is 19.3 Å². The number of aliphatic hydroxyl groups excluding tert-OH is 1. The van der Waals surface area contributed by atoms with Crippen LogP contribution in [0.1, 0.15) is 60.3 Å². The number of hydrogen-bond donors (Lipinski definition) is 1. The van der Waals surface area contributed by atoms with Gasteiger partial charge in [0, 0.05) is 44.5 Å². The first-order valence-electron chi connectivity index (χ1n) is 10.1. The number of aliphatic hydroxyl groups is 1. The van der Waals surface area contributed by atoms with E-state index in [4.69, 9.17) is 5.10 Å². The van der Waals surface area contributed by atoms with Gasteiger partial charge in [-0.15, -0.1) is 0 Å². The topological polar surface area (TPSA) is 61.6 Å². The zero-order valence-corrected chi connectivity index (χ0v) is 16.6. The van der Waals surface area contributed by atoms with E-state index in [2.05, 4.69) is 16.6 Å². The number of likely N-dealkylation sites (N-methyl/N-ethyl adjacent to an activating group) is 1. The molecular formula is C20H34N4O2. The average Bonchev–Trinajstić information content (AvgIpc) is 2.99. The smallest absolute Gasteiger partial charge is 0.274 e. The van der Waals surface area contributed by atoms with Gasteiger partial charge in [-0.25, -0.2) is 0 Å². The molecule has 0 radical (unpaired) electrons. The van der Waals surface area contributed by atoms with E-state index in [0.29, 0.717) is 24.2 Å². The average molecular weight is 363 g/mol. The third kappa shape index (κ3) is 4.12. The van der Waals surface area contributed by atoms with Crippen LogP contribution in [0, 0.1) is 5.92 Å². The maximum absolute atomic E-state index is 12.7. The summed E-state index contributed by atoms with van der Waals surface area (Å²) >= 11 is 0. The van der Waals surface area contributed by atoms with Crippen LogP contribution in [0.4, 0.5) is 0 Å². The second-order valence-electron chi connectivity index (χ2n) is 8.26. The molecule has 2 aliphatic carbocycles. The first-order chi connectivity index (χ1) is 12.5. The fourth-order valence-electron chi connectivity index (χ4n) is 4.53. The normalized spacial score (nSPS) is 21.0. The molecule has 6 heteroatoms. The van der Waals surface area contributed by atoms with E-state index in [1.165, 1.54) is 37.8 Å². The first kappa shape index (κ1) is 19.4. The Morgan fingerprint density at radius 2 is 1.92 bits per heavy atom. The molecule has 1 unspecified atom stereocenters. The predicted octanol–water partition coefficient (Wildman–Crippen LogP) is 1.95. The van der Waals surface area contributed by atoms with Gasteiger partial charge in [-0.3, -0.25) is 9.48 Å². The predicted molar refractivity (Wildman–Crippen MR) is 102 cm³/mol. The third-order valence-electron chi connectivity index (χ3n) is 6.16. The molecule has 1 aromatic rings. The van der Waals surface area contributed by atoms with Crippen LogP contribution >= 0.6 is 0 Å². The van der Waals surface area contributed by atoms with Crippen LogP contribution in [0.15, 0.2) is 0 Å². The van der Waals surface area contributed by atoms with Gasteiger partial charge in [0.15, 0.2) is 5.69 Å². The standard InChI is InChI=1S/C20H34N4O2/c1-22(2)20(26)19-17-13-16(23(3)11-12-25)9-10-18(17)24(21-19)14-15-7-5-4-6-8-15/h15-16,25H,4-14H2,1-3H3. The lowest BCUT2D eigenvalue weighted by Gasteiger charge is -2.31. The van der Waals surface area contributed by atoms with E-state index in [9.17, 15) is 9.90 Å². The molecule has 1 heterocycles. The van der Waals surface area contributed by atoms with Crippen molar-refractivity contribution >= 4 is 5.91 Å². The van der Waals surface area contributed by atoms with Gasteiger partial charge in [0.25, 0.3) is 5.91 Å². The Hall–Kier alpha value is -1.40. The summed E-state index contributed by atoms with van der Waals surface area (Å²) in [7, 11) is 5.66. The van der Waals surface area contributed by atoms with E-state index in [-0.39, 0.29) is 12.5 Å². The fraction of sp³-hybridized carbons (Fsp3) is 0.800. The number of rotatable bonds is 6. The Morgan fingerprint density at radius 1 is 1.19 bits per heavy atom. The summed E-state index contributed by atoms with van der Waals surface area (Å²) in [5.41, 5.74) is 3.05. The molecule has 0 bridgehead atoms. The van der Waals surface area contributed by atoms with Crippen molar-refractivity contribution in [1.82, 2.24) is 19.6 Å². The highest BCUT2D eigenvalue weighted by Gasteiger charge is 2.31. The zero-order valence-electron chi connectivity index (χ0n) is 16.6. The summed E-state index contributed by atoms with van der Waals surface area (Å²) in [6, 6.07) is 0.371. The second-order valence-corrected chi connectivity index (χ2v) is 8.26. The van der Waals surface area contributed by atoms with Crippen LogP contribution in [0.2, 0.25) is 0 Å². The third-order valence-corrected chi connectivity index (χ3v) is 6.16. The van der Waals surface area contributed by atoms with E-state index in [1.807, 2.05) is 0 Å². The number of nitrogens with zero attached hydrogens (tertiary/aromatic N) is 4. The van der Waals surface area contributed by atoms with Crippen molar-refractivity contribution in [2.45, 2.75) is 64.0 Å². The van der Waals surface area contributed by atoms with E-state index >= 15 is 0 Å². The molecule has 0 saturated heterocycles. The lowest BCUT2D eigenvalue weighted by molar-refractivity contribution is 0.0818. The number of amides is 1. The van der Waals surface area contributed by atoms with Crippen molar-refractivity contribution in [2.24, 2.45) is 5.92 Å². The number of carbonyl (C=O) groups is 1. The number of fused-ring (bicyclic) bond motifs is 1. The Morgan fingerprint density at radius 3 is 2.58 bits per heavy atom. The summed E-state index contributed by atoms with van der Waals surface area (Å²) in [4.78, 5) is 16.6. The van der Waals surface area contributed by atoms with Crippen LogP contribution in [-0.2, 0) is 19.4 Å². The minimum absolute atomic E-state index is 0.00843.